The minimum absolute atomic E-state index is 0.0144. The fourth-order valence-electron chi connectivity index (χ4n) is 2.37. The Balaban J connectivity index is 2.34. The Morgan fingerprint density at radius 3 is 2.61 bits per heavy atom. The third-order valence-electron chi connectivity index (χ3n) is 3.42. The first-order chi connectivity index (χ1) is 8.65. The molecule has 2 N–H and O–H groups in total. The van der Waals surface area contributed by atoms with Crippen molar-refractivity contribution in [3.63, 3.8) is 0 Å². The smallest absolute Gasteiger partial charge is 0.133 e. The van der Waals surface area contributed by atoms with Gasteiger partial charge >= 0.3 is 0 Å². The molecule has 0 aliphatic carbocycles. The van der Waals surface area contributed by atoms with Gasteiger partial charge in [0.05, 0.1) is 12.6 Å². The van der Waals surface area contributed by atoms with E-state index in [1.54, 1.807) is 6.92 Å². The molecule has 1 fully saturated rings. The van der Waals surface area contributed by atoms with Crippen LogP contribution < -0.4 is 5.32 Å². The summed E-state index contributed by atoms with van der Waals surface area (Å²) in [6.45, 7) is 4.22. The SMILES string of the molecule is Cc1ccc(F)c([C@H](CO)N2CCNCC2)c1F. The van der Waals surface area contributed by atoms with E-state index in [2.05, 4.69) is 5.32 Å². The van der Waals surface area contributed by atoms with Crippen LogP contribution in [-0.4, -0.2) is 42.8 Å². The Morgan fingerprint density at radius 1 is 1.33 bits per heavy atom. The zero-order valence-corrected chi connectivity index (χ0v) is 10.4. The van der Waals surface area contributed by atoms with Gasteiger partial charge in [-0.15, -0.1) is 0 Å². The number of rotatable bonds is 3. The van der Waals surface area contributed by atoms with Gasteiger partial charge in [0, 0.05) is 31.7 Å². The standard InChI is InChI=1S/C13H18F2N2O/c1-9-2-3-10(14)12(13(9)15)11(8-18)17-6-4-16-5-7-17/h2-3,11,16,18H,4-8H2,1H3/t11-/m0/s1. The predicted molar refractivity (Wildman–Crippen MR) is 65.4 cm³/mol. The lowest BCUT2D eigenvalue weighted by Crippen LogP contribution is -2.46. The van der Waals surface area contributed by atoms with E-state index in [9.17, 15) is 13.9 Å². The van der Waals surface area contributed by atoms with Gasteiger partial charge in [0.25, 0.3) is 0 Å². The second-order valence-electron chi connectivity index (χ2n) is 4.58. The van der Waals surface area contributed by atoms with Crippen molar-refractivity contribution in [2.45, 2.75) is 13.0 Å². The molecule has 1 aromatic rings. The first kappa shape index (κ1) is 13.4. The van der Waals surface area contributed by atoms with Crippen molar-refractivity contribution in [3.05, 3.63) is 34.9 Å². The number of aliphatic hydroxyl groups is 1. The summed E-state index contributed by atoms with van der Waals surface area (Å²) in [4.78, 5) is 1.91. The quantitative estimate of drug-likeness (QED) is 0.853. The van der Waals surface area contributed by atoms with Crippen LogP contribution >= 0.6 is 0 Å². The van der Waals surface area contributed by atoms with Crippen LogP contribution in [0.5, 0.6) is 0 Å². The molecular weight excluding hydrogens is 238 g/mol. The molecule has 0 unspecified atom stereocenters. The number of nitrogens with one attached hydrogen (secondary N) is 1. The molecule has 1 saturated heterocycles. The molecule has 1 aliphatic heterocycles. The van der Waals surface area contributed by atoms with E-state index in [4.69, 9.17) is 0 Å². The highest BCUT2D eigenvalue weighted by molar-refractivity contribution is 5.29. The molecule has 1 aliphatic rings. The summed E-state index contributed by atoms with van der Waals surface area (Å²) in [5.74, 6) is -1.14. The lowest BCUT2D eigenvalue weighted by molar-refractivity contribution is 0.105. The predicted octanol–water partition coefficient (Wildman–Crippen LogP) is 1.21. The summed E-state index contributed by atoms with van der Waals surface area (Å²) in [5, 5.41) is 12.7. The van der Waals surface area contributed by atoms with E-state index in [1.807, 2.05) is 4.90 Å². The average Bonchev–Trinajstić information content (AvgIpc) is 2.40. The molecule has 100 valence electrons. The summed E-state index contributed by atoms with van der Waals surface area (Å²) in [6, 6.07) is 2.07. The van der Waals surface area contributed by atoms with Crippen LogP contribution in [0.2, 0.25) is 0 Å². The first-order valence-electron chi connectivity index (χ1n) is 6.15. The van der Waals surface area contributed by atoms with Gasteiger partial charge in [-0.05, 0) is 18.6 Å². The third kappa shape index (κ3) is 2.53. The number of aliphatic hydroxyl groups excluding tert-OH is 1. The minimum Gasteiger partial charge on any atom is -0.394 e. The van der Waals surface area contributed by atoms with E-state index < -0.39 is 17.7 Å². The van der Waals surface area contributed by atoms with Gasteiger partial charge in [-0.2, -0.15) is 0 Å². The topological polar surface area (TPSA) is 35.5 Å². The maximum absolute atomic E-state index is 14.1. The van der Waals surface area contributed by atoms with Gasteiger partial charge in [-0.25, -0.2) is 8.78 Å². The molecule has 0 radical (unpaired) electrons. The summed E-state index contributed by atoms with van der Waals surface area (Å²) < 4.78 is 27.9. The van der Waals surface area contributed by atoms with Crippen LogP contribution in [0, 0.1) is 18.6 Å². The molecule has 1 heterocycles. The van der Waals surface area contributed by atoms with Gasteiger partial charge in [0.15, 0.2) is 0 Å². The summed E-state index contributed by atoms with van der Waals surface area (Å²) in [6.07, 6.45) is 0. The summed E-state index contributed by atoms with van der Waals surface area (Å²) in [5.41, 5.74) is 0.388. The van der Waals surface area contributed by atoms with E-state index in [0.717, 1.165) is 13.1 Å². The zero-order chi connectivity index (χ0) is 13.1. The molecule has 0 bridgehead atoms. The monoisotopic (exact) mass is 256 g/mol. The average molecular weight is 256 g/mol. The van der Waals surface area contributed by atoms with E-state index >= 15 is 0 Å². The largest absolute Gasteiger partial charge is 0.394 e. The van der Waals surface area contributed by atoms with E-state index in [-0.39, 0.29) is 12.2 Å². The van der Waals surface area contributed by atoms with Gasteiger partial charge < -0.3 is 10.4 Å². The van der Waals surface area contributed by atoms with Crippen LogP contribution in [0.4, 0.5) is 8.78 Å². The van der Waals surface area contributed by atoms with Gasteiger partial charge in [-0.3, -0.25) is 4.90 Å². The summed E-state index contributed by atoms with van der Waals surface area (Å²) in [7, 11) is 0. The Hall–Kier alpha value is -1.04. The second kappa shape index (κ2) is 5.73. The third-order valence-corrected chi connectivity index (χ3v) is 3.42. The number of nitrogens with zero attached hydrogens (tertiary/aromatic N) is 1. The first-order valence-corrected chi connectivity index (χ1v) is 6.15. The molecule has 18 heavy (non-hydrogen) atoms. The van der Waals surface area contributed by atoms with Crippen molar-refractivity contribution < 1.29 is 13.9 Å². The lowest BCUT2D eigenvalue weighted by atomic mass is 10.0. The van der Waals surface area contributed by atoms with Crippen molar-refractivity contribution in [1.29, 1.82) is 0 Å². The van der Waals surface area contributed by atoms with Crippen LogP contribution in [-0.2, 0) is 0 Å². The van der Waals surface area contributed by atoms with Crippen LogP contribution in [0.25, 0.3) is 0 Å². The molecule has 0 aromatic heterocycles. The number of benzene rings is 1. The van der Waals surface area contributed by atoms with Crippen molar-refractivity contribution >= 4 is 0 Å². The molecule has 1 aromatic carbocycles. The van der Waals surface area contributed by atoms with E-state index in [0.29, 0.717) is 18.7 Å². The highest BCUT2D eigenvalue weighted by atomic mass is 19.1. The maximum Gasteiger partial charge on any atom is 0.133 e. The Labute approximate surface area is 105 Å². The van der Waals surface area contributed by atoms with Gasteiger partial charge in [0.1, 0.15) is 11.6 Å². The normalized spacial score (nSPS) is 18.9. The Kier molecular flexibility index (Phi) is 4.27. The molecule has 3 nitrogen and oxygen atoms in total. The van der Waals surface area contributed by atoms with Gasteiger partial charge in [0.2, 0.25) is 0 Å². The molecule has 2 rings (SSSR count). The van der Waals surface area contributed by atoms with Crippen molar-refractivity contribution in [2.75, 3.05) is 32.8 Å². The second-order valence-corrected chi connectivity index (χ2v) is 4.58. The fraction of sp³-hybridized carbons (Fsp3) is 0.538. The number of hydrogen-bond donors (Lipinski definition) is 2. The number of halogens is 2. The fourth-order valence-corrected chi connectivity index (χ4v) is 2.37. The van der Waals surface area contributed by atoms with E-state index in [1.165, 1.54) is 12.1 Å². The minimum atomic E-state index is -0.605. The summed E-state index contributed by atoms with van der Waals surface area (Å²) >= 11 is 0. The maximum atomic E-state index is 14.1. The molecule has 5 heteroatoms. The van der Waals surface area contributed by atoms with Crippen LogP contribution in [0.3, 0.4) is 0 Å². The van der Waals surface area contributed by atoms with Crippen molar-refractivity contribution in [2.24, 2.45) is 0 Å². The Morgan fingerprint density at radius 2 is 2.00 bits per heavy atom. The molecular formula is C13H18F2N2O. The number of aryl methyl sites for hydroxylation is 1. The molecule has 0 saturated carbocycles. The molecule has 0 spiro atoms. The van der Waals surface area contributed by atoms with Crippen molar-refractivity contribution in [1.82, 2.24) is 10.2 Å². The highest BCUT2D eigenvalue weighted by Crippen LogP contribution is 2.27. The van der Waals surface area contributed by atoms with Crippen LogP contribution in [0.1, 0.15) is 17.2 Å². The number of piperazine rings is 1. The lowest BCUT2D eigenvalue weighted by Gasteiger charge is -2.34. The van der Waals surface area contributed by atoms with Crippen LogP contribution in [0.15, 0.2) is 12.1 Å². The molecule has 0 amide bonds. The Bertz CT molecular complexity index is 420. The number of hydrogen-bond acceptors (Lipinski definition) is 3. The molecule has 1 atom stereocenters. The van der Waals surface area contributed by atoms with Crippen molar-refractivity contribution in [3.8, 4) is 0 Å². The zero-order valence-electron chi connectivity index (χ0n) is 10.4. The van der Waals surface area contributed by atoms with Gasteiger partial charge in [-0.1, -0.05) is 6.07 Å². The highest BCUT2D eigenvalue weighted by Gasteiger charge is 2.27.